The van der Waals surface area contributed by atoms with Crippen molar-refractivity contribution in [1.82, 2.24) is 14.9 Å². The van der Waals surface area contributed by atoms with E-state index in [0.717, 1.165) is 78.4 Å². The van der Waals surface area contributed by atoms with Gasteiger partial charge in [0.05, 0.1) is 16.7 Å². The van der Waals surface area contributed by atoms with Gasteiger partial charge in [-0.25, -0.2) is 21.6 Å². The zero-order valence-electron chi connectivity index (χ0n) is 36.6. The number of halogens is 4. The average Bonchev–Trinajstić information content (AvgIpc) is 3.32. The van der Waals surface area contributed by atoms with Gasteiger partial charge >= 0.3 is 5.51 Å². The minimum absolute atomic E-state index is 0.0150. The van der Waals surface area contributed by atoms with Crippen LogP contribution in [0.3, 0.4) is 0 Å². The molecule has 11 nitrogen and oxygen atoms in total. The number of nitrogens with one attached hydrogen (secondary N) is 3. The number of carbonyl (C=O) groups excluding carboxylic acids is 1. The van der Waals surface area contributed by atoms with E-state index in [-0.39, 0.29) is 11.5 Å². The topological polar surface area (TPSA) is 148 Å². The Bertz CT molecular complexity index is 2730. The standard InChI is InChI=1S/C49H53ClF3N5O6S3/c50-37-14-10-34(11-15-37)42-8-4-5-9-43(42)46(59)35-20-26-58(27-21-35)39-16-12-36(13-17-39)47(60)56-67(63,64)41-18-19-44(45(30-41)66(61,62)49(51,52)53)55-38(31-65-40-6-2-1-3-7-40)22-25-57-28-23-48(24-29-57)32-54-33-48/h1-19,30,35,38,46,54-55,59H,20-29,31-33H2,(H,56,60)/t38-,46-/m1/s1. The molecule has 4 N–H and O–H groups in total. The fourth-order valence-corrected chi connectivity index (χ4v) is 12.3. The van der Waals surface area contributed by atoms with E-state index in [4.69, 9.17) is 11.6 Å². The van der Waals surface area contributed by atoms with Gasteiger partial charge in [0.25, 0.3) is 25.8 Å². The molecule has 1 spiro atoms. The largest absolute Gasteiger partial charge is 0.501 e. The summed E-state index contributed by atoms with van der Waals surface area (Å²) < 4.78 is 98.2. The maximum absolute atomic E-state index is 14.3. The van der Waals surface area contributed by atoms with Crippen LogP contribution in [-0.2, 0) is 19.9 Å². The number of piperidine rings is 2. The molecule has 5 aromatic rings. The number of rotatable bonds is 16. The van der Waals surface area contributed by atoms with Gasteiger partial charge < -0.3 is 25.5 Å². The van der Waals surface area contributed by atoms with Gasteiger partial charge in [-0.05, 0) is 140 Å². The fourth-order valence-electron chi connectivity index (χ4n) is 9.13. The molecule has 0 aromatic heterocycles. The predicted octanol–water partition coefficient (Wildman–Crippen LogP) is 9.02. The molecule has 0 radical (unpaired) electrons. The lowest BCUT2D eigenvalue weighted by Crippen LogP contribution is -2.58. The summed E-state index contributed by atoms with van der Waals surface area (Å²) in [5.41, 5.74) is -2.36. The molecule has 67 heavy (non-hydrogen) atoms. The molecule has 0 bridgehead atoms. The minimum atomic E-state index is -6.07. The number of aliphatic hydroxyl groups excluding tert-OH is 1. The molecule has 1 amide bonds. The first-order valence-electron chi connectivity index (χ1n) is 22.3. The minimum Gasteiger partial charge on any atom is -0.388 e. The van der Waals surface area contributed by atoms with Crippen molar-refractivity contribution in [3.63, 3.8) is 0 Å². The molecule has 3 heterocycles. The Morgan fingerprint density at radius 3 is 2.15 bits per heavy atom. The average molecular weight is 997 g/mol. The summed E-state index contributed by atoms with van der Waals surface area (Å²) in [6.45, 7) is 5.61. The monoisotopic (exact) mass is 995 g/mol. The number of thioether (sulfide) groups is 1. The Labute approximate surface area is 399 Å². The molecular weight excluding hydrogens is 943 g/mol. The summed E-state index contributed by atoms with van der Waals surface area (Å²) in [6.07, 6.45) is 3.22. The maximum atomic E-state index is 14.3. The zero-order chi connectivity index (χ0) is 47.4. The number of sulfone groups is 1. The van der Waals surface area contributed by atoms with E-state index in [1.807, 2.05) is 83.6 Å². The third-order valence-corrected chi connectivity index (χ3v) is 17.5. The van der Waals surface area contributed by atoms with E-state index in [2.05, 4.69) is 20.4 Å². The summed E-state index contributed by atoms with van der Waals surface area (Å²) in [5, 5.41) is 18.5. The van der Waals surface area contributed by atoms with E-state index >= 15 is 0 Å². The Balaban J connectivity index is 0.932. The van der Waals surface area contributed by atoms with E-state index in [0.29, 0.717) is 61.2 Å². The van der Waals surface area contributed by atoms with Crippen LogP contribution in [0.15, 0.2) is 136 Å². The molecule has 18 heteroatoms. The molecule has 3 saturated heterocycles. The molecule has 3 fully saturated rings. The summed E-state index contributed by atoms with van der Waals surface area (Å²) >= 11 is 7.57. The molecule has 0 unspecified atom stereocenters. The SMILES string of the molecule is O=C(NS(=O)(=O)c1ccc(N[C@H](CCN2CCC3(CC2)CNC3)CSc2ccccc2)c(S(=O)(=O)C(F)(F)F)c1)c1ccc(N2CCC([C@@H](O)c3ccccc3-c3ccc(Cl)cc3)CC2)cc1. The van der Waals surface area contributed by atoms with E-state index in [9.17, 15) is 39.9 Å². The number of alkyl halides is 3. The van der Waals surface area contributed by atoms with Gasteiger partial charge in [-0.1, -0.05) is 66.2 Å². The van der Waals surface area contributed by atoms with Crippen LogP contribution >= 0.6 is 23.4 Å². The molecular formula is C49H53ClF3N5O6S3. The lowest BCUT2D eigenvalue weighted by atomic mass is 9.73. The number of benzene rings is 5. The van der Waals surface area contributed by atoms with Crippen molar-refractivity contribution in [2.75, 3.05) is 61.8 Å². The van der Waals surface area contributed by atoms with Crippen molar-refractivity contribution in [1.29, 1.82) is 0 Å². The second-order valence-electron chi connectivity index (χ2n) is 17.7. The quantitative estimate of drug-likeness (QED) is 0.0703. The van der Waals surface area contributed by atoms with Crippen LogP contribution < -0.4 is 20.3 Å². The second-order valence-corrected chi connectivity index (χ2v) is 22.8. The van der Waals surface area contributed by atoms with Crippen molar-refractivity contribution in [2.24, 2.45) is 11.3 Å². The van der Waals surface area contributed by atoms with Crippen LogP contribution in [0.5, 0.6) is 0 Å². The summed E-state index contributed by atoms with van der Waals surface area (Å²) in [4.78, 5) is 16.6. The van der Waals surface area contributed by atoms with Crippen LogP contribution in [-0.4, -0.2) is 95.9 Å². The van der Waals surface area contributed by atoms with Gasteiger partial charge in [0.2, 0.25) is 0 Å². The lowest BCUT2D eigenvalue weighted by molar-refractivity contribution is -0.0435. The van der Waals surface area contributed by atoms with E-state index < -0.39 is 58.9 Å². The maximum Gasteiger partial charge on any atom is 0.501 e. The van der Waals surface area contributed by atoms with Gasteiger partial charge in [0.15, 0.2) is 0 Å². The molecule has 3 aliphatic rings. The molecule has 3 aliphatic heterocycles. The van der Waals surface area contributed by atoms with Crippen LogP contribution in [0.4, 0.5) is 24.5 Å². The lowest BCUT2D eigenvalue weighted by Gasteiger charge is -2.48. The highest BCUT2D eigenvalue weighted by Gasteiger charge is 2.48. The summed E-state index contributed by atoms with van der Waals surface area (Å²) in [7, 11) is -10.9. The van der Waals surface area contributed by atoms with Crippen LogP contribution in [0.1, 0.15) is 54.1 Å². The molecule has 8 rings (SSSR count). The number of nitrogens with zero attached hydrogens (tertiary/aromatic N) is 2. The fraction of sp³-hybridized carbons (Fsp3) is 0.367. The van der Waals surface area contributed by atoms with Crippen LogP contribution in [0.2, 0.25) is 5.02 Å². The molecule has 0 aliphatic carbocycles. The van der Waals surface area contributed by atoms with Crippen molar-refractivity contribution in [3.05, 3.63) is 137 Å². The van der Waals surface area contributed by atoms with Crippen LogP contribution in [0, 0.1) is 11.3 Å². The number of hydrogen-bond donors (Lipinski definition) is 4. The van der Waals surface area contributed by atoms with Gasteiger partial charge in [-0.15, -0.1) is 11.8 Å². The number of aliphatic hydroxyl groups is 1. The third-order valence-electron chi connectivity index (χ3n) is 13.3. The first-order chi connectivity index (χ1) is 32.0. The van der Waals surface area contributed by atoms with E-state index in [1.54, 1.807) is 12.1 Å². The van der Waals surface area contributed by atoms with Gasteiger partial charge in [-0.3, -0.25) is 4.79 Å². The van der Waals surface area contributed by atoms with Gasteiger partial charge in [0.1, 0.15) is 4.90 Å². The summed E-state index contributed by atoms with van der Waals surface area (Å²) in [5.74, 6) is -0.682. The Kier molecular flexibility index (Phi) is 15.0. The van der Waals surface area contributed by atoms with Crippen molar-refractivity contribution >= 4 is 60.5 Å². The molecule has 2 atom stereocenters. The normalized spacial score (nSPS) is 18.0. The van der Waals surface area contributed by atoms with Gasteiger partial charge in [0, 0.05) is 65.7 Å². The Morgan fingerprint density at radius 2 is 1.51 bits per heavy atom. The van der Waals surface area contributed by atoms with Crippen molar-refractivity contribution in [3.8, 4) is 11.1 Å². The highest BCUT2D eigenvalue weighted by molar-refractivity contribution is 7.99. The smallest absolute Gasteiger partial charge is 0.388 e. The molecule has 0 saturated carbocycles. The number of amides is 1. The Hall–Kier alpha value is -4.62. The Morgan fingerprint density at radius 1 is 0.851 bits per heavy atom. The predicted molar refractivity (Wildman–Crippen MR) is 258 cm³/mol. The highest BCUT2D eigenvalue weighted by atomic mass is 35.5. The van der Waals surface area contributed by atoms with Crippen LogP contribution in [0.25, 0.3) is 11.1 Å². The van der Waals surface area contributed by atoms with Crippen molar-refractivity contribution in [2.45, 2.75) is 64.4 Å². The molecule has 356 valence electrons. The summed E-state index contributed by atoms with van der Waals surface area (Å²) in [6, 6.07) is 32.8. The number of anilines is 2. The highest BCUT2D eigenvalue weighted by Crippen LogP contribution is 2.40. The number of carbonyl (C=O) groups is 1. The number of hydrogen-bond acceptors (Lipinski definition) is 11. The zero-order valence-corrected chi connectivity index (χ0v) is 39.8. The number of likely N-dealkylation sites (tertiary alicyclic amines) is 1. The first-order valence-corrected chi connectivity index (χ1v) is 26.6. The van der Waals surface area contributed by atoms with E-state index in [1.165, 1.54) is 23.9 Å². The first kappa shape index (κ1) is 48.8. The number of sulfonamides is 1. The van der Waals surface area contributed by atoms with Gasteiger partial charge in [-0.2, -0.15) is 13.2 Å². The molecule has 5 aromatic carbocycles. The third kappa shape index (κ3) is 11.5. The van der Waals surface area contributed by atoms with Crippen molar-refractivity contribution < 1.29 is 39.9 Å². The second kappa shape index (κ2) is 20.5.